The molecule has 0 aromatic carbocycles. The SMILES string of the molecule is COCCN1C[C@@H]2CN(Cc3cc(C)no3)C[C@]2(C(=O)O)C1. The summed E-state index contributed by atoms with van der Waals surface area (Å²) >= 11 is 0. The fourth-order valence-electron chi connectivity index (χ4n) is 3.80. The number of carboxylic acid groups (broad SMARTS) is 1. The fraction of sp³-hybridized carbons (Fsp3) is 0.733. The van der Waals surface area contributed by atoms with Crippen molar-refractivity contribution in [3.63, 3.8) is 0 Å². The van der Waals surface area contributed by atoms with E-state index in [1.165, 1.54) is 0 Å². The number of hydrogen-bond donors (Lipinski definition) is 1. The van der Waals surface area contributed by atoms with Crippen molar-refractivity contribution in [1.82, 2.24) is 15.0 Å². The smallest absolute Gasteiger partial charge is 0.312 e. The second kappa shape index (κ2) is 5.98. The minimum Gasteiger partial charge on any atom is -0.481 e. The van der Waals surface area contributed by atoms with Gasteiger partial charge in [-0.15, -0.1) is 0 Å². The maximum Gasteiger partial charge on any atom is 0.312 e. The molecule has 0 aliphatic carbocycles. The van der Waals surface area contributed by atoms with E-state index in [2.05, 4.69) is 15.0 Å². The lowest BCUT2D eigenvalue weighted by atomic mass is 9.81. The highest BCUT2D eigenvalue weighted by Crippen LogP contribution is 2.43. The van der Waals surface area contributed by atoms with Gasteiger partial charge < -0.3 is 14.4 Å². The van der Waals surface area contributed by atoms with Crippen molar-refractivity contribution in [2.75, 3.05) is 46.4 Å². The predicted octanol–water partition coefficient (Wildman–Crippen LogP) is 0.448. The van der Waals surface area contributed by atoms with E-state index < -0.39 is 11.4 Å². The second-order valence-corrected chi connectivity index (χ2v) is 6.49. The van der Waals surface area contributed by atoms with E-state index in [0.29, 0.717) is 26.2 Å². The lowest BCUT2D eigenvalue weighted by Gasteiger charge is -2.25. The summed E-state index contributed by atoms with van der Waals surface area (Å²) in [5, 5.41) is 13.7. The van der Waals surface area contributed by atoms with Crippen LogP contribution in [0.5, 0.6) is 0 Å². The van der Waals surface area contributed by atoms with Gasteiger partial charge >= 0.3 is 5.97 Å². The van der Waals surface area contributed by atoms with Gasteiger partial charge in [0.05, 0.1) is 24.3 Å². The molecule has 0 unspecified atom stereocenters. The van der Waals surface area contributed by atoms with E-state index in [0.717, 1.165) is 31.1 Å². The summed E-state index contributed by atoms with van der Waals surface area (Å²) in [6, 6.07) is 1.91. The zero-order valence-corrected chi connectivity index (χ0v) is 13.1. The number of likely N-dealkylation sites (tertiary alicyclic amines) is 2. The van der Waals surface area contributed by atoms with Crippen LogP contribution in [0.1, 0.15) is 11.5 Å². The highest BCUT2D eigenvalue weighted by atomic mass is 16.5. The molecule has 1 aromatic rings. The Kier molecular flexibility index (Phi) is 4.20. The van der Waals surface area contributed by atoms with Gasteiger partial charge in [-0.05, 0) is 6.92 Å². The number of fused-ring (bicyclic) bond motifs is 1. The molecule has 3 rings (SSSR count). The number of carbonyl (C=O) groups is 1. The predicted molar refractivity (Wildman–Crippen MR) is 78.4 cm³/mol. The minimum atomic E-state index is -0.686. The molecule has 0 amide bonds. The van der Waals surface area contributed by atoms with Gasteiger partial charge in [-0.2, -0.15) is 0 Å². The third-order valence-electron chi connectivity index (χ3n) is 4.84. The summed E-state index contributed by atoms with van der Waals surface area (Å²) in [5.74, 6) is 0.272. The van der Waals surface area contributed by atoms with Crippen LogP contribution < -0.4 is 0 Å². The number of aryl methyl sites for hydroxylation is 1. The van der Waals surface area contributed by atoms with Gasteiger partial charge in [0, 0.05) is 51.8 Å². The molecule has 0 saturated carbocycles. The van der Waals surface area contributed by atoms with Gasteiger partial charge in [0.15, 0.2) is 5.76 Å². The average molecular weight is 309 g/mol. The Hall–Kier alpha value is -1.44. The van der Waals surface area contributed by atoms with Crippen molar-refractivity contribution in [2.45, 2.75) is 13.5 Å². The topological polar surface area (TPSA) is 79.0 Å². The normalized spacial score (nSPS) is 29.1. The van der Waals surface area contributed by atoms with E-state index in [-0.39, 0.29) is 5.92 Å². The average Bonchev–Trinajstić information content (AvgIpc) is 3.09. The van der Waals surface area contributed by atoms with Crippen LogP contribution in [-0.2, 0) is 16.1 Å². The maximum absolute atomic E-state index is 11.9. The molecular weight excluding hydrogens is 286 g/mol. The Bertz CT molecular complexity index is 547. The molecule has 2 atom stereocenters. The molecule has 2 aliphatic heterocycles. The van der Waals surface area contributed by atoms with Crippen molar-refractivity contribution in [2.24, 2.45) is 11.3 Å². The summed E-state index contributed by atoms with van der Waals surface area (Å²) in [5.41, 5.74) is 0.191. The third-order valence-corrected chi connectivity index (χ3v) is 4.84. The Labute approximate surface area is 129 Å². The first-order valence-corrected chi connectivity index (χ1v) is 7.63. The summed E-state index contributed by atoms with van der Waals surface area (Å²) < 4.78 is 10.4. The van der Waals surface area contributed by atoms with Crippen LogP contribution in [0.25, 0.3) is 0 Å². The number of methoxy groups -OCH3 is 1. The number of hydrogen-bond acceptors (Lipinski definition) is 6. The number of ether oxygens (including phenoxy) is 1. The van der Waals surface area contributed by atoms with Gasteiger partial charge in [-0.3, -0.25) is 14.6 Å². The summed E-state index contributed by atoms with van der Waals surface area (Å²) in [6.07, 6.45) is 0. The molecule has 1 aromatic heterocycles. The molecular formula is C15H23N3O4. The number of aromatic nitrogens is 1. The van der Waals surface area contributed by atoms with E-state index in [4.69, 9.17) is 9.26 Å². The molecule has 3 heterocycles. The third kappa shape index (κ3) is 2.76. The fourth-order valence-corrected chi connectivity index (χ4v) is 3.80. The second-order valence-electron chi connectivity index (χ2n) is 6.49. The van der Waals surface area contributed by atoms with Crippen LogP contribution in [0.2, 0.25) is 0 Å². The highest BCUT2D eigenvalue weighted by Gasteiger charge is 2.57. The largest absolute Gasteiger partial charge is 0.481 e. The molecule has 0 radical (unpaired) electrons. The van der Waals surface area contributed by atoms with Gasteiger partial charge in [0.2, 0.25) is 0 Å². The zero-order valence-electron chi connectivity index (χ0n) is 13.1. The number of carboxylic acids is 1. The molecule has 0 bridgehead atoms. The van der Waals surface area contributed by atoms with Crippen LogP contribution in [0.4, 0.5) is 0 Å². The Morgan fingerprint density at radius 3 is 2.82 bits per heavy atom. The van der Waals surface area contributed by atoms with E-state index in [9.17, 15) is 9.90 Å². The van der Waals surface area contributed by atoms with Crippen molar-refractivity contribution >= 4 is 5.97 Å². The van der Waals surface area contributed by atoms with Gasteiger partial charge in [-0.25, -0.2) is 0 Å². The number of rotatable bonds is 6. The molecule has 7 heteroatoms. The molecule has 1 N–H and O–H groups in total. The molecule has 7 nitrogen and oxygen atoms in total. The Morgan fingerprint density at radius 2 is 2.23 bits per heavy atom. The monoisotopic (exact) mass is 309 g/mol. The lowest BCUT2D eigenvalue weighted by molar-refractivity contribution is -0.149. The van der Waals surface area contributed by atoms with E-state index in [1.54, 1.807) is 7.11 Å². The molecule has 2 fully saturated rings. The molecule has 2 saturated heterocycles. The summed E-state index contributed by atoms with van der Waals surface area (Å²) in [4.78, 5) is 16.3. The molecule has 2 aliphatic rings. The Morgan fingerprint density at radius 1 is 1.50 bits per heavy atom. The van der Waals surface area contributed by atoms with Crippen LogP contribution in [-0.4, -0.2) is 72.5 Å². The van der Waals surface area contributed by atoms with Gasteiger partial charge in [0.25, 0.3) is 0 Å². The highest BCUT2D eigenvalue weighted by molar-refractivity contribution is 5.77. The summed E-state index contributed by atoms with van der Waals surface area (Å²) in [6.45, 7) is 6.73. The standard InChI is InChI=1S/C15H23N3O4/c1-11-5-13(22-16-11)8-18-7-12-6-17(3-4-21-2)9-15(12,10-18)14(19)20/h5,12H,3-4,6-10H2,1-2H3,(H,19,20)/t12-,15-/m1/s1. The number of nitrogens with zero attached hydrogens (tertiary/aromatic N) is 3. The minimum absolute atomic E-state index is 0.158. The number of aliphatic carboxylic acids is 1. The van der Waals surface area contributed by atoms with Gasteiger partial charge in [-0.1, -0.05) is 5.16 Å². The van der Waals surface area contributed by atoms with E-state index in [1.807, 2.05) is 13.0 Å². The van der Waals surface area contributed by atoms with Crippen molar-refractivity contribution in [3.05, 3.63) is 17.5 Å². The summed E-state index contributed by atoms with van der Waals surface area (Å²) in [7, 11) is 1.67. The van der Waals surface area contributed by atoms with Crippen LogP contribution >= 0.6 is 0 Å². The van der Waals surface area contributed by atoms with Crippen molar-refractivity contribution < 1.29 is 19.2 Å². The van der Waals surface area contributed by atoms with Gasteiger partial charge in [0.1, 0.15) is 0 Å². The molecule has 22 heavy (non-hydrogen) atoms. The van der Waals surface area contributed by atoms with Crippen molar-refractivity contribution in [1.29, 1.82) is 0 Å². The lowest BCUT2D eigenvalue weighted by Crippen LogP contribution is -2.41. The van der Waals surface area contributed by atoms with Crippen LogP contribution in [0.3, 0.4) is 0 Å². The Balaban J connectivity index is 1.67. The first-order valence-electron chi connectivity index (χ1n) is 7.63. The quantitative estimate of drug-likeness (QED) is 0.817. The first kappa shape index (κ1) is 15.5. The van der Waals surface area contributed by atoms with Crippen molar-refractivity contribution in [3.8, 4) is 0 Å². The molecule has 0 spiro atoms. The van der Waals surface area contributed by atoms with E-state index >= 15 is 0 Å². The maximum atomic E-state index is 11.9. The first-order chi connectivity index (χ1) is 10.5. The van der Waals surface area contributed by atoms with Crippen LogP contribution in [0, 0.1) is 18.3 Å². The zero-order chi connectivity index (χ0) is 15.7. The molecule has 122 valence electrons. The van der Waals surface area contributed by atoms with Crippen LogP contribution in [0.15, 0.2) is 10.6 Å².